The summed E-state index contributed by atoms with van der Waals surface area (Å²) in [5.41, 5.74) is 0.848. The topological polar surface area (TPSA) is 78.5 Å². The predicted octanol–water partition coefficient (Wildman–Crippen LogP) is 1.44. The summed E-state index contributed by atoms with van der Waals surface area (Å²) in [5, 5.41) is 4.33. The van der Waals surface area contributed by atoms with E-state index in [-0.39, 0.29) is 12.2 Å². The minimum Gasteiger partial charge on any atom is -0.455 e. The molecule has 0 bridgehead atoms. The molecular weight excluding hydrogens is 308 g/mol. The van der Waals surface area contributed by atoms with Crippen molar-refractivity contribution >= 4 is 23.2 Å². The highest BCUT2D eigenvalue weighted by Crippen LogP contribution is 2.09. The van der Waals surface area contributed by atoms with Crippen LogP contribution in [0.25, 0.3) is 5.65 Å². The van der Waals surface area contributed by atoms with E-state index in [9.17, 15) is 9.59 Å². The number of hydrogen-bond donors (Lipinski definition) is 0. The van der Waals surface area contributed by atoms with Crippen LogP contribution in [0.1, 0.15) is 16.1 Å². The number of ether oxygens (including phenoxy) is 1. The Kier molecular flexibility index (Phi) is 3.64. The third kappa shape index (κ3) is 2.84. The third-order valence-electron chi connectivity index (χ3n) is 2.97. The number of hydrogen-bond acceptors (Lipinski definition) is 5. The number of nitrogens with zero attached hydrogens (tertiary/aromatic N) is 4. The zero-order chi connectivity index (χ0) is 15.7. The molecule has 0 aliphatic heterocycles. The lowest BCUT2D eigenvalue weighted by molar-refractivity contribution is 0.0467. The maximum absolute atomic E-state index is 12.0. The number of fused-ring (bicyclic) bond motifs is 1. The average Bonchev–Trinajstić information content (AvgIpc) is 2.92. The van der Waals surface area contributed by atoms with Crippen molar-refractivity contribution in [3.8, 4) is 0 Å². The summed E-state index contributed by atoms with van der Waals surface area (Å²) >= 11 is 5.84. The lowest BCUT2D eigenvalue weighted by Crippen LogP contribution is -2.16. The van der Waals surface area contributed by atoms with Gasteiger partial charge < -0.3 is 4.74 Å². The first-order valence-electron chi connectivity index (χ1n) is 6.36. The zero-order valence-electron chi connectivity index (χ0n) is 11.6. The van der Waals surface area contributed by atoms with Crippen LogP contribution in [0.5, 0.6) is 0 Å². The van der Waals surface area contributed by atoms with Gasteiger partial charge in [0.25, 0.3) is 5.56 Å². The van der Waals surface area contributed by atoms with Crippen molar-refractivity contribution in [2.75, 3.05) is 0 Å². The molecule has 0 spiro atoms. The van der Waals surface area contributed by atoms with Gasteiger partial charge in [0.1, 0.15) is 12.3 Å². The van der Waals surface area contributed by atoms with Crippen LogP contribution in [-0.4, -0.2) is 25.1 Å². The Balaban J connectivity index is 1.81. The van der Waals surface area contributed by atoms with Gasteiger partial charge in [0, 0.05) is 25.5 Å². The van der Waals surface area contributed by atoms with Gasteiger partial charge in [-0.05, 0) is 12.1 Å². The van der Waals surface area contributed by atoms with E-state index in [4.69, 9.17) is 16.3 Å². The second-order valence-corrected chi connectivity index (χ2v) is 5.08. The molecule has 22 heavy (non-hydrogen) atoms. The van der Waals surface area contributed by atoms with Crippen LogP contribution in [-0.2, 0) is 18.4 Å². The van der Waals surface area contributed by atoms with Gasteiger partial charge in [0.2, 0.25) is 0 Å². The zero-order valence-corrected chi connectivity index (χ0v) is 12.3. The smallest absolute Gasteiger partial charge is 0.341 e. The highest BCUT2D eigenvalue weighted by atomic mass is 35.5. The Morgan fingerprint density at radius 3 is 2.91 bits per heavy atom. The summed E-state index contributed by atoms with van der Waals surface area (Å²) in [5.74, 6) is -0.522. The number of aryl methyl sites for hydroxylation is 1. The van der Waals surface area contributed by atoms with E-state index in [1.54, 1.807) is 25.4 Å². The number of rotatable bonds is 3. The molecule has 0 unspecified atom stereocenters. The highest BCUT2D eigenvalue weighted by Gasteiger charge is 2.11. The molecule has 7 nitrogen and oxygen atoms in total. The van der Waals surface area contributed by atoms with Crippen LogP contribution in [0, 0.1) is 0 Å². The Morgan fingerprint density at radius 2 is 2.18 bits per heavy atom. The minimum atomic E-state index is -0.522. The van der Waals surface area contributed by atoms with Crippen molar-refractivity contribution in [3.05, 3.63) is 63.4 Å². The van der Waals surface area contributed by atoms with Gasteiger partial charge in [-0.15, -0.1) is 0 Å². The molecule has 0 radical (unpaired) electrons. The average molecular weight is 319 g/mol. The lowest BCUT2D eigenvalue weighted by Gasteiger charge is -2.05. The summed E-state index contributed by atoms with van der Waals surface area (Å²) in [7, 11) is 1.70. The first-order valence-corrected chi connectivity index (χ1v) is 6.74. The highest BCUT2D eigenvalue weighted by molar-refractivity contribution is 6.30. The molecule has 0 N–H and O–H groups in total. The van der Waals surface area contributed by atoms with Crippen LogP contribution in [0.2, 0.25) is 5.02 Å². The summed E-state index contributed by atoms with van der Waals surface area (Å²) in [6.07, 6.45) is 4.44. The third-order valence-corrected chi connectivity index (χ3v) is 3.19. The van der Waals surface area contributed by atoms with E-state index in [0.717, 1.165) is 0 Å². The summed E-state index contributed by atoms with van der Waals surface area (Å²) in [6, 6.07) is 4.56. The van der Waals surface area contributed by atoms with Crippen molar-refractivity contribution in [2.45, 2.75) is 6.61 Å². The molecule has 3 heterocycles. The lowest BCUT2D eigenvalue weighted by atomic mass is 10.3. The quantitative estimate of drug-likeness (QED) is 0.683. The van der Waals surface area contributed by atoms with Crippen molar-refractivity contribution in [1.82, 2.24) is 19.2 Å². The fourth-order valence-electron chi connectivity index (χ4n) is 1.95. The fourth-order valence-corrected chi connectivity index (χ4v) is 2.11. The van der Waals surface area contributed by atoms with Crippen LogP contribution >= 0.6 is 11.6 Å². The largest absolute Gasteiger partial charge is 0.455 e. The van der Waals surface area contributed by atoms with E-state index in [1.165, 1.54) is 27.5 Å². The monoisotopic (exact) mass is 318 g/mol. The molecule has 0 saturated heterocycles. The number of esters is 1. The molecule has 3 aromatic rings. The van der Waals surface area contributed by atoms with Gasteiger partial charge in [0.05, 0.1) is 22.5 Å². The van der Waals surface area contributed by atoms with Gasteiger partial charge >= 0.3 is 5.97 Å². The van der Waals surface area contributed by atoms with Crippen molar-refractivity contribution in [3.63, 3.8) is 0 Å². The summed E-state index contributed by atoms with van der Waals surface area (Å²) in [6.45, 7) is -0.0951. The van der Waals surface area contributed by atoms with Crippen molar-refractivity contribution in [2.24, 2.45) is 7.05 Å². The Hall–Kier alpha value is -2.67. The van der Waals surface area contributed by atoms with Crippen molar-refractivity contribution in [1.29, 1.82) is 0 Å². The Labute approximate surface area is 129 Å². The minimum absolute atomic E-state index is 0.0951. The van der Waals surface area contributed by atoms with Gasteiger partial charge in [-0.3, -0.25) is 13.9 Å². The molecular formula is C14H11ClN4O3. The van der Waals surface area contributed by atoms with E-state index >= 15 is 0 Å². The van der Waals surface area contributed by atoms with Crippen LogP contribution in [0.4, 0.5) is 0 Å². The van der Waals surface area contributed by atoms with Crippen LogP contribution in [0.15, 0.2) is 41.6 Å². The SMILES string of the molecule is Cn1cc(C(=O)OCc2cc(=O)n3cc(Cl)ccc3n2)cn1. The number of halogens is 1. The molecule has 112 valence electrons. The molecule has 0 saturated carbocycles. The molecule has 3 rings (SSSR count). The van der Waals surface area contributed by atoms with E-state index in [2.05, 4.69) is 10.1 Å². The molecule has 0 aliphatic rings. The molecule has 0 atom stereocenters. The molecule has 3 aromatic heterocycles. The Morgan fingerprint density at radius 1 is 1.36 bits per heavy atom. The number of carbonyl (C=O) groups excluding carboxylic acids is 1. The second-order valence-electron chi connectivity index (χ2n) is 4.64. The fraction of sp³-hybridized carbons (Fsp3) is 0.143. The van der Waals surface area contributed by atoms with E-state index in [1.807, 2.05) is 0 Å². The van der Waals surface area contributed by atoms with Crippen LogP contribution in [0.3, 0.4) is 0 Å². The first kappa shape index (κ1) is 14.3. The van der Waals surface area contributed by atoms with Crippen LogP contribution < -0.4 is 5.56 Å². The summed E-state index contributed by atoms with van der Waals surface area (Å²) < 4.78 is 7.96. The van der Waals surface area contributed by atoms with Gasteiger partial charge in [0.15, 0.2) is 0 Å². The number of carbonyl (C=O) groups is 1. The molecule has 0 fully saturated rings. The molecule has 0 aliphatic carbocycles. The molecule has 8 heteroatoms. The van der Waals surface area contributed by atoms with Crippen molar-refractivity contribution < 1.29 is 9.53 Å². The molecule has 0 amide bonds. The first-order chi connectivity index (χ1) is 10.5. The normalized spacial score (nSPS) is 10.8. The predicted molar refractivity (Wildman–Crippen MR) is 78.8 cm³/mol. The summed E-state index contributed by atoms with van der Waals surface area (Å²) in [4.78, 5) is 28.1. The second kappa shape index (κ2) is 5.61. The van der Waals surface area contributed by atoms with Gasteiger partial charge in [-0.25, -0.2) is 9.78 Å². The van der Waals surface area contributed by atoms with E-state index < -0.39 is 5.97 Å². The standard InChI is InChI=1S/C14H11ClN4O3/c1-18-6-9(5-16-18)14(21)22-8-11-4-13(20)19-7-10(15)2-3-12(19)17-11/h2-7H,8H2,1H3. The molecule has 0 aromatic carbocycles. The van der Waals surface area contributed by atoms with E-state index in [0.29, 0.717) is 21.9 Å². The van der Waals surface area contributed by atoms with Gasteiger partial charge in [-0.2, -0.15) is 5.10 Å². The number of pyridine rings is 1. The number of aromatic nitrogens is 4. The van der Waals surface area contributed by atoms with Gasteiger partial charge in [-0.1, -0.05) is 11.6 Å². The Bertz CT molecular complexity index is 916. The maximum Gasteiger partial charge on any atom is 0.341 e. The maximum atomic E-state index is 12.0.